The fraction of sp³-hybridized carbons (Fsp3) is 0.900. The monoisotopic (exact) mass is 168 g/mol. The van der Waals surface area contributed by atoms with Gasteiger partial charge in [-0.3, -0.25) is 4.99 Å². The van der Waals surface area contributed by atoms with Crippen molar-refractivity contribution in [2.24, 2.45) is 4.99 Å². The Morgan fingerprint density at radius 3 is 2.25 bits per heavy atom. The fourth-order valence-electron chi connectivity index (χ4n) is 1.51. The lowest BCUT2D eigenvalue weighted by molar-refractivity contribution is 0.542. The lowest BCUT2D eigenvalue weighted by Crippen LogP contribution is -2.39. The van der Waals surface area contributed by atoms with Gasteiger partial charge in [0.15, 0.2) is 0 Å². The van der Waals surface area contributed by atoms with E-state index in [2.05, 4.69) is 39.9 Å². The summed E-state index contributed by atoms with van der Waals surface area (Å²) in [6.07, 6.45) is 1.10. The smallest absolute Gasteiger partial charge is 0.0524 e. The molecule has 70 valence electrons. The predicted molar refractivity (Wildman–Crippen MR) is 53.9 cm³/mol. The van der Waals surface area contributed by atoms with Gasteiger partial charge in [0, 0.05) is 12.3 Å². The highest BCUT2D eigenvalue weighted by Gasteiger charge is 2.30. The highest BCUT2D eigenvalue weighted by atomic mass is 15.0. The number of nitrogens with zero attached hydrogens (tertiary/aromatic N) is 1. The van der Waals surface area contributed by atoms with E-state index in [1.165, 1.54) is 5.71 Å². The number of nitrogens with one attached hydrogen (secondary N) is 1. The van der Waals surface area contributed by atoms with Crippen molar-refractivity contribution in [2.45, 2.75) is 52.1 Å². The Kier molecular flexibility index (Phi) is 2.30. The van der Waals surface area contributed by atoms with Gasteiger partial charge in [-0.1, -0.05) is 0 Å². The molecule has 2 heteroatoms. The average Bonchev–Trinajstić information content (AvgIpc) is 2.07. The Bertz CT molecular complexity index is 196. The van der Waals surface area contributed by atoms with Gasteiger partial charge >= 0.3 is 0 Å². The second-order valence-corrected chi connectivity index (χ2v) is 5.03. The maximum Gasteiger partial charge on any atom is 0.0524 e. The van der Waals surface area contributed by atoms with Crippen LogP contribution < -0.4 is 5.32 Å². The molecule has 0 spiro atoms. The second-order valence-electron chi connectivity index (χ2n) is 5.03. The second kappa shape index (κ2) is 2.84. The van der Waals surface area contributed by atoms with Crippen molar-refractivity contribution in [1.82, 2.24) is 5.32 Å². The van der Waals surface area contributed by atoms with E-state index < -0.39 is 0 Å². The van der Waals surface area contributed by atoms with E-state index in [0.29, 0.717) is 0 Å². The third kappa shape index (κ3) is 2.31. The Morgan fingerprint density at radius 2 is 1.92 bits per heavy atom. The summed E-state index contributed by atoms with van der Waals surface area (Å²) in [5.41, 5.74) is 1.50. The summed E-state index contributed by atoms with van der Waals surface area (Å²) in [5, 5.41) is 3.44. The molecule has 12 heavy (non-hydrogen) atoms. The predicted octanol–water partition coefficient (Wildman–Crippen LogP) is 2.00. The number of aliphatic imine (C=N–C) groups is 1. The Morgan fingerprint density at radius 1 is 1.33 bits per heavy atom. The van der Waals surface area contributed by atoms with E-state index in [1.807, 2.05) is 0 Å². The van der Waals surface area contributed by atoms with Gasteiger partial charge in [-0.05, 0) is 41.0 Å². The topological polar surface area (TPSA) is 24.4 Å². The van der Waals surface area contributed by atoms with Crippen LogP contribution in [0, 0.1) is 0 Å². The quantitative estimate of drug-likeness (QED) is 0.588. The normalized spacial score (nSPS) is 26.6. The van der Waals surface area contributed by atoms with E-state index in [-0.39, 0.29) is 11.1 Å². The molecule has 0 atom stereocenters. The SMILES string of the molecule is CC(C)(C)N=C1CCNC1(C)C. The van der Waals surface area contributed by atoms with E-state index in [9.17, 15) is 0 Å². The molecule has 1 saturated heterocycles. The van der Waals surface area contributed by atoms with Crippen molar-refractivity contribution in [3.8, 4) is 0 Å². The summed E-state index contributed by atoms with van der Waals surface area (Å²) in [7, 11) is 0. The summed E-state index contributed by atoms with van der Waals surface area (Å²) in [6.45, 7) is 11.9. The van der Waals surface area contributed by atoms with Crippen LogP contribution >= 0.6 is 0 Å². The van der Waals surface area contributed by atoms with E-state index in [0.717, 1.165) is 13.0 Å². The van der Waals surface area contributed by atoms with Crippen LogP contribution in [0.4, 0.5) is 0 Å². The van der Waals surface area contributed by atoms with Gasteiger partial charge in [0.2, 0.25) is 0 Å². The number of hydrogen-bond acceptors (Lipinski definition) is 2. The zero-order valence-corrected chi connectivity index (χ0v) is 8.86. The van der Waals surface area contributed by atoms with Crippen molar-refractivity contribution in [3.63, 3.8) is 0 Å². The van der Waals surface area contributed by atoms with Crippen LogP contribution in [0.1, 0.15) is 41.0 Å². The molecule has 1 aliphatic heterocycles. The van der Waals surface area contributed by atoms with Crippen LogP contribution in [0.5, 0.6) is 0 Å². The van der Waals surface area contributed by atoms with Crippen molar-refractivity contribution >= 4 is 5.71 Å². The van der Waals surface area contributed by atoms with Gasteiger partial charge in [0.1, 0.15) is 0 Å². The summed E-state index contributed by atoms with van der Waals surface area (Å²) in [6, 6.07) is 0. The highest BCUT2D eigenvalue weighted by molar-refractivity contribution is 5.95. The molecular formula is C10H20N2. The molecule has 0 amide bonds. The summed E-state index contributed by atoms with van der Waals surface area (Å²) >= 11 is 0. The molecule has 1 fully saturated rings. The summed E-state index contributed by atoms with van der Waals surface area (Å²) in [4.78, 5) is 4.72. The lowest BCUT2D eigenvalue weighted by Gasteiger charge is -2.23. The van der Waals surface area contributed by atoms with Crippen molar-refractivity contribution in [2.75, 3.05) is 6.54 Å². The average molecular weight is 168 g/mol. The van der Waals surface area contributed by atoms with Crippen molar-refractivity contribution in [3.05, 3.63) is 0 Å². The van der Waals surface area contributed by atoms with Crippen LogP contribution in [0.2, 0.25) is 0 Å². The van der Waals surface area contributed by atoms with Crippen LogP contribution in [0.25, 0.3) is 0 Å². The number of rotatable bonds is 0. The molecule has 1 rings (SSSR count). The molecule has 1 heterocycles. The van der Waals surface area contributed by atoms with Gasteiger partial charge in [-0.2, -0.15) is 0 Å². The van der Waals surface area contributed by atoms with Gasteiger partial charge in [0.25, 0.3) is 0 Å². The van der Waals surface area contributed by atoms with E-state index in [1.54, 1.807) is 0 Å². The minimum atomic E-state index is 0.0681. The molecule has 1 aliphatic rings. The maximum absolute atomic E-state index is 4.72. The first-order valence-corrected chi connectivity index (χ1v) is 4.65. The van der Waals surface area contributed by atoms with Crippen molar-refractivity contribution in [1.29, 1.82) is 0 Å². The molecule has 2 nitrogen and oxygen atoms in total. The molecule has 0 aromatic carbocycles. The molecule has 0 aromatic rings. The first-order chi connectivity index (χ1) is 5.31. The van der Waals surface area contributed by atoms with E-state index in [4.69, 9.17) is 4.99 Å². The minimum Gasteiger partial charge on any atom is -0.306 e. The molecule has 0 saturated carbocycles. The Labute approximate surface area is 75.5 Å². The van der Waals surface area contributed by atoms with Crippen molar-refractivity contribution < 1.29 is 0 Å². The zero-order valence-electron chi connectivity index (χ0n) is 8.86. The maximum atomic E-state index is 4.72. The van der Waals surface area contributed by atoms with E-state index >= 15 is 0 Å². The molecule has 0 unspecified atom stereocenters. The van der Waals surface area contributed by atoms with Gasteiger partial charge in [0.05, 0.1) is 11.1 Å². The van der Waals surface area contributed by atoms with Crippen LogP contribution in [0.15, 0.2) is 4.99 Å². The van der Waals surface area contributed by atoms with Crippen LogP contribution in [0.3, 0.4) is 0 Å². The zero-order chi connectivity index (χ0) is 9.41. The summed E-state index contributed by atoms with van der Waals surface area (Å²) < 4.78 is 0. The van der Waals surface area contributed by atoms with Gasteiger partial charge in [-0.15, -0.1) is 0 Å². The standard InChI is InChI=1S/C10H20N2/c1-9(2,3)12-8-6-7-11-10(8,4)5/h11H,6-7H2,1-5H3. The summed E-state index contributed by atoms with van der Waals surface area (Å²) in [5.74, 6) is 0. The first-order valence-electron chi connectivity index (χ1n) is 4.65. The largest absolute Gasteiger partial charge is 0.306 e. The molecule has 0 aromatic heterocycles. The molecule has 0 bridgehead atoms. The van der Waals surface area contributed by atoms with Crippen LogP contribution in [-0.4, -0.2) is 23.3 Å². The molecule has 0 aliphatic carbocycles. The Balaban J connectivity index is 2.82. The fourth-order valence-corrected chi connectivity index (χ4v) is 1.51. The molecule has 0 radical (unpaired) electrons. The van der Waals surface area contributed by atoms with Gasteiger partial charge in [-0.25, -0.2) is 0 Å². The van der Waals surface area contributed by atoms with Gasteiger partial charge < -0.3 is 5.32 Å². The molecule has 1 N–H and O–H groups in total. The van der Waals surface area contributed by atoms with Crippen LogP contribution in [-0.2, 0) is 0 Å². The highest BCUT2D eigenvalue weighted by Crippen LogP contribution is 2.19. The Hall–Kier alpha value is -0.370. The molecular weight excluding hydrogens is 148 g/mol. The lowest BCUT2D eigenvalue weighted by atomic mass is 9.99. The third-order valence-corrected chi connectivity index (χ3v) is 2.12. The first kappa shape index (κ1) is 9.72. The third-order valence-electron chi connectivity index (χ3n) is 2.12. The minimum absolute atomic E-state index is 0.0681. The number of hydrogen-bond donors (Lipinski definition) is 1.